The Kier molecular flexibility index (Phi) is 5.50. The smallest absolute Gasteiger partial charge is 0.289 e. The van der Waals surface area contributed by atoms with E-state index in [1.54, 1.807) is 24.2 Å². The van der Waals surface area contributed by atoms with E-state index in [-0.39, 0.29) is 18.1 Å². The summed E-state index contributed by atoms with van der Waals surface area (Å²) in [6.45, 7) is 4.93. The van der Waals surface area contributed by atoms with Crippen LogP contribution < -0.4 is 9.47 Å². The summed E-state index contributed by atoms with van der Waals surface area (Å²) in [5, 5.41) is 4.35. The Morgan fingerprint density at radius 2 is 2.06 bits per heavy atom. The number of ether oxygens (including phenoxy) is 3. The van der Waals surface area contributed by atoms with Gasteiger partial charge in [0, 0.05) is 12.0 Å². The van der Waals surface area contributed by atoms with Crippen molar-refractivity contribution < 1.29 is 19.0 Å². The molecule has 1 saturated heterocycles. The number of amides is 1. The number of para-hydroxylation sites is 1. The fourth-order valence-electron chi connectivity index (χ4n) is 4.40. The minimum atomic E-state index is -0.122. The van der Waals surface area contributed by atoms with Gasteiger partial charge in [0.25, 0.3) is 5.91 Å². The Bertz CT molecular complexity index is 1220. The van der Waals surface area contributed by atoms with Crippen LogP contribution in [0.15, 0.2) is 54.6 Å². The number of aryl methyl sites for hydroxylation is 1. The molecule has 5 rings (SSSR count). The van der Waals surface area contributed by atoms with Gasteiger partial charge < -0.3 is 19.1 Å². The van der Waals surface area contributed by atoms with Crippen molar-refractivity contribution in [2.24, 2.45) is 0 Å². The van der Waals surface area contributed by atoms with Crippen LogP contribution in [0.4, 0.5) is 0 Å². The molecule has 0 spiro atoms. The topological polar surface area (TPSA) is 78.7 Å². The highest BCUT2D eigenvalue weighted by Crippen LogP contribution is 2.38. The van der Waals surface area contributed by atoms with E-state index in [4.69, 9.17) is 14.2 Å². The van der Waals surface area contributed by atoms with Crippen LogP contribution in [0, 0.1) is 6.92 Å². The van der Waals surface area contributed by atoms with E-state index in [9.17, 15) is 4.79 Å². The Morgan fingerprint density at radius 1 is 1.21 bits per heavy atom. The second-order valence-corrected chi connectivity index (χ2v) is 8.25. The number of hydrogen-bond donors (Lipinski definition) is 0. The van der Waals surface area contributed by atoms with E-state index in [1.165, 1.54) is 0 Å². The zero-order valence-corrected chi connectivity index (χ0v) is 18.9. The molecule has 1 fully saturated rings. The molecule has 1 aromatic heterocycles. The van der Waals surface area contributed by atoms with Crippen LogP contribution in [0.2, 0.25) is 0 Å². The van der Waals surface area contributed by atoms with Crippen molar-refractivity contribution in [3.05, 3.63) is 71.5 Å². The van der Waals surface area contributed by atoms with Crippen molar-refractivity contribution in [3.8, 4) is 17.2 Å². The van der Waals surface area contributed by atoms with Gasteiger partial charge >= 0.3 is 0 Å². The molecule has 8 nitrogen and oxygen atoms in total. The molecule has 170 valence electrons. The van der Waals surface area contributed by atoms with Crippen LogP contribution >= 0.6 is 0 Å². The number of nitrogens with zero attached hydrogens (tertiary/aromatic N) is 4. The molecule has 2 aromatic carbocycles. The second-order valence-electron chi connectivity index (χ2n) is 8.25. The molecule has 3 heterocycles. The third kappa shape index (κ3) is 4.04. The SMILES string of the molecule is COc1cc(/C=C2\O[C@H](C)CN([C@H]3CCOc4ccccc43)C2=O)ccc1-n1cnc(C)n1. The third-order valence-electron chi connectivity index (χ3n) is 5.91. The van der Waals surface area contributed by atoms with Gasteiger partial charge in [-0.15, -0.1) is 0 Å². The number of carbonyl (C=O) groups excluding carboxylic acids is 1. The van der Waals surface area contributed by atoms with Crippen molar-refractivity contribution in [1.82, 2.24) is 19.7 Å². The molecule has 0 saturated carbocycles. The summed E-state index contributed by atoms with van der Waals surface area (Å²) >= 11 is 0. The molecular formula is C25H26N4O4. The minimum absolute atomic E-state index is 0.0373. The number of rotatable bonds is 4. The first-order valence-corrected chi connectivity index (χ1v) is 11.0. The Morgan fingerprint density at radius 3 is 2.85 bits per heavy atom. The molecule has 2 atom stereocenters. The van der Waals surface area contributed by atoms with E-state index < -0.39 is 0 Å². The van der Waals surface area contributed by atoms with E-state index >= 15 is 0 Å². The van der Waals surface area contributed by atoms with Gasteiger partial charge in [-0.3, -0.25) is 4.79 Å². The molecular weight excluding hydrogens is 420 g/mol. The molecule has 0 bridgehead atoms. The largest absolute Gasteiger partial charge is 0.494 e. The van der Waals surface area contributed by atoms with Crippen LogP contribution in [0.3, 0.4) is 0 Å². The molecule has 1 amide bonds. The van der Waals surface area contributed by atoms with E-state index in [1.807, 2.05) is 61.2 Å². The van der Waals surface area contributed by atoms with E-state index in [0.29, 0.717) is 30.5 Å². The number of aromatic nitrogens is 3. The number of fused-ring (bicyclic) bond motifs is 1. The summed E-state index contributed by atoms with van der Waals surface area (Å²) in [5.74, 6) is 2.35. The normalized spacial score (nSPS) is 21.4. The lowest BCUT2D eigenvalue weighted by Crippen LogP contribution is -2.47. The van der Waals surface area contributed by atoms with Crippen LogP contribution in [0.1, 0.15) is 36.3 Å². The van der Waals surface area contributed by atoms with Crippen molar-refractivity contribution in [1.29, 1.82) is 0 Å². The first-order valence-electron chi connectivity index (χ1n) is 11.0. The predicted octanol–water partition coefficient (Wildman–Crippen LogP) is 3.70. The number of benzene rings is 2. The number of hydrogen-bond acceptors (Lipinski definition) is 6. The number of methoxy groups -OCH3 is 1. The molecule has 2 aliphatic rings. The molecule has 0 radical (unpaired) electrons. The highest BCUT2D eigenvalue weighted by molar-refractivity contribution is 5.97. The first-order chi connectivity index (χ1) is 16.0. The van der Waals surface area contributed by atoms with Gasteiger partial charge in [-0.25, -0.2) is 9.67 Å². The lowest BCUT2D eigenvalue weighted by atomic mass is 9.97. The lowest BCUT2D eigenvalue weighted by Gasteiger charge is -2.40. The monoisotopic (exact) mass is 446 g/mol. The maximum atomic E-state index is 13.5. The van der Waals surface area contributed by atoms with E-state index in [2.05, 4.69) is 10.1 Å². The molecule has 8 heteroatoms. The van der Waals surface area contributed by atoms with Gasteiger partial charge in [0.1, 0.15) is 35.4 Å². The molecule has 0 aliphatic carbocycles. The maximum absolute atomic E-state index is 13.5. The van der Waals surface area contributed by atoms with Crippen molar-refractivity contribution in [2.45, 2.75) is 32.4 Å². The summed E-state index contributed by atoms with van der Waals surface area (Å²) < 4.78 is 19.0. The summed E-state index contributed by atoms with van der Waals surface area (Å²) in [7, 11) is 1.61. The van der Waals surface area contributed by atoms with Gasteiger partial charge in [-0.2, -0.15) is 5.10 Å². The number of carbonyl (C=O) groups is 1. The standard InChI is InChI=1S/C25H26N4O4/c1-16-14-28(20-10-11-32-22-7-5-4-6-19(20)22)25(30)24(33-16)13-18-8-9-21(23(12-18)31-3)29-15-26-17(2)27-29/h4-9,12-13,15-16,20H,10-11,14H2,1-3H3/b24-13-/t16-,20+/m1/s1. The zero-order valence-electron chi connectivity index (χ0n) is 18.9. The highest BCUT2D eigenvalue weighted by atomic mass is 16.5. The average Bonchev–Trinajstić information content (AvgIpc) is 3.26. The van der Waals surface area contributed by atoms with Gasteiger partial charge in [0.15, 0.2) is 5.76 Å². The van der Waals surface area contributed by atoms with E-state index in [0.717, 1.165) is 29.0 Å². The quantitative estimate of drug-likeness (QED) is 0.569. The molecule has 2 aliphatic heterocycles. The fourth-order valence-corrected chi connectivity index (χ4v) is 4.40. The van der Waals surface area contributed by atoms with Crippen molar-refractivity contribution >= 4 is 12.0 Å². The summed E-state index contributed by atoms with van der Waals surface area (Å²) in [6.07, 6.45) is 4.05. The van der Waals surface area contributed by atoms with Gasteiger partial charge in [0.05, 0.1) is 26.3 Å². The molecule has 0 unspecified atom stereocenters. The maximum Gasteiger partial charge on any atom is 0.289 e. The van der Waals surface area contributed by atoms with Crippen LogP contribution in [-0.4, -0.2) is 51.9 Å². The summed E-state index contributed by atoms with van der Waals surface area (Å²) in [5.41, 5.74) is 2.61. The van der Waals surface area contributed by atoms with Crippen LogP contribution in [0.25, 0.3) is 11.8 Å². The van der Waals surface area contributed by atoms with Crippen molar-refractivity contribution in [3.63, 3.8) is 0 Å². The van der Waals surface area contributed by atoms with Gasteiger partial charge in [0.2, 0.25) is 0 Å². The van der Waals surface area contributed by atoms with Gasteiger partial charge in [-0.1, -0.05) is 24.3 Å². The zero-order chi connectivity index (χ0) is 22.9. The van der Waals surface area contributed by atoms with Crippen LogP contribution in [-0.2, 0) is 9.53 Å². The molecule has 3 aromatic rings. The molecule has 33 heavy (non-hydrogen) atoms. The summed E-state index contributed by atoms with van der Waals surface area (Å²) in [4.78, 5) is 19.6. The predicted molar refractivity (Wildman–Crippen MR) is 122 cm³/mol. The van der Waals surface area contributed by atoms with Crippen molar-refractivity contribution in [2.75, 3.05) is 20.3 Å². The molecule has 0 N–H and O–H groups in total. The summed E-state index contributed by atoms with van der Waals surface area (Å²) in [6, 6.07) is 13.6. The Hall–Kier alpha value is -3.81. The fraction of sp³-hybridized carbons (Fsp3) is 0.320. The average molecular weight is 447 g/mol. The van der Waals surface area contributed by atoms with Gasteiger partial charge in [-0.05, 0) is 43.7 Å². The Labute approximate surface area is 192 Å². The third-order valence-corrected chi connectivity index (χ3v) is 5.91. The highest BCUT2D eigenvalue weighted by Gasteiger charge is 2.37. The van der Waals surface area contributed by atoms with Crippen LogP contribution in [0.5, 0.6) is 11.5 Å². The minimum Gasteiger partial charge on any atom is -0.494 e. The second kappa shape index (κ2) is 8.61. The number of morpholine rings is 1. The lowest BCUT2D eigenvalue weighted by molar-refractivity contribution is -0.142. The Balaban J connectivity index is 1.46. The first kappa shape index (κ1) is 21.1.